The van der Waals surface area contributed by atoms with Crippen LogP contribution in [0.1, 0.15) is 60.4 Å². The molecule has 0 amide bonds. The van der Waals surface area contributed by atoms with Gasteiger partial charge in [-0.15, -0.1) is 5.98 Å². The molecule has 0 saturated heterocycles. The molecule has 228 valence electrons. The summed E-state index contributed by atoms with van der Waals surface area (Å²) >= 11 is 0. The molecule has 0 N–H and O–H groups in total. The van der Waals surface area contributed by atoms with Crippen LogP contribution >= 0.6 is 0 Å². The fourth-order valence-electron chi connectivity index (χ4n) is 6.21. The first kappa shape index (κ1) is 32.7. The van der Waals surface area contributed by atoms with Gasteiger partial charge < -0.3 is 4.57 Å². The van der Waals surface area contributed by atoms with Crippen LogP contribution in [0.25, 0.3) is 5.57 Å². The Bertz CT molecular complexity index is 1650. The minimum Gasteiger partial charge on any atom is -0.326 e. The zero-order valence-electron chi connectivity index (χ0n) is 26.9. The number of nitrogens with zero attached hydrogens (tertiary/aromatic N) is 2. The van der Waals surface area contributed by atoms with Crippen LogP contribution in [0.2, 0.25) is 0 Å². The molecule has 0 aliphatic heterocycles. The minimum atomic E-state index is -0.801. The van der Waals surface area contributed by atoms with Crippen molar-refractivity contribution in [3.8, 4) is 0 Å². The molecule has 0 fully saturated rings. The number of hydrogen-bond donors (Lipinski definition) is 0. The molecule has 1 aromatic heterocycles. The molecule has 0 unspecified atom stereocenters. The van der Waals surface area contributed by atoms with Crippen molar-refractivity contribution in [2.75, 3.05) is 0 Å². The fraction of sp³-hybridized carbons (Fsp3) is 0.167. The smallest absolute Gasteiger partial charge is 0.103 e. The van der Waals surface area contributed by atoms with Gasteiger partial charge in [0.2, 0.25) is 0 Å². The van der Waals surface area contributed by atoms with Crippen molar-refractivity contribution < 1.29 is 0 Å². The molecule has 5 aromatic carbocycles. The van der Waals surface area contributed by atoms with E-state index in [1.807, 2.05) is 48.9 Å². The molecular weight excluding hydrogens is 571 g/mol. The summed E-state index contributed by atoms with van der Waals surface area (Å²) in [5.74, 6) is 1.66. The highest BCUT2D eigenvalue weighted by molar-refractivity contribution is 6.57. The van der Waals surface area contributed by atoms with Crippen molar-refractivity contribution in [1.29, 1.82) is 0 Å². The van der Waals surface area contributed by atoms with Crippen molar-refractivity contribution in [3.05, 3.63) is 198 Å². The SMILES string of the molecule is CCCCCCc1cccc([SiH2]C(c2ccccc2)(c2ccccc2)n2ccnc2)c1.[B]C=C(c1ccccc1)c1ccccc1. The molecule has 0 aliphatic carbocycles. The van der Waals surface area contributed by atoms with E-state index in [1.165, 1.54) is 54.0 Å². The topological polar surface area (TPSA) is 17.8 Å². The molecule has 2 nitrogen and oxygen atoms in total. The third-order valence-electron chi connectivity index (χ3n) is 8.55. The van der Waals surface area contributed by atoms with Crippen LogP contribution in [0.4, 0.5) is 0 Å². The normalized spacial score (nSPS) is 11.2. The number of rotatable bonds is 12. The van der Waals surface area contributed by atoms with Gasteiger partial charge in [-0.25, -0.2) is 4.98 Å². The summed E-state index contributed by atoms with van der Waals surface area (Å²) < 4.78 is 2.33. The summed E-state index contributed by atoms with van der Waals surface area (Å²) in [7, 11) is 4.87. The first-order valence-electron chi connectivity index (χ1n) is 16.4. The third kappa shape index (κ3) is 8.32. The van der Waals surface area contributed by atoms with E-state index in [4.69, 9.17) is 7.85 Å². The number of hydrogen-bond acceptors (Lipinski definition) is 1. The summed E-state index contributed by atoms with van der Waals surface area (Å²) in [4.78, 5) is 4.44. The van der Waals surface area contributed by atoms with E-state index in [2.05, 4.69) is 132 Å². The van der Waals surface area contributed by atoms with E-state index in [0.29, 0.717) is 0 Å². The van der Waals surface area contributed by atoms with Gasteiger partial charge in [-0.1, -0.05) is 177 Å². The van der Waals surface area contributed by atoms with Crippen LogP contribution in [-0.4, -0.2) is 26.9 Å². The highest BCUT2D eigenvalue weighted by atomic mass is 28.2. The van der Waals surface area contributed by atoms with Gasteiger partial charge in [0.05, 0.1) is 21.0 Å². The Morgan fingerprint density at radius 3 is 1.76 bits per heavy atom. The zero-order valence-corrected chi connectivity index (χ0v) is 28.3. The summed E-state index contributed by atoms with van der Waals surface area (Å²) in [6.07, 6.45) is 12.4. The Labute approximate surface area is 279 Å². The van der Waals surface area contributed by atoms with Crippen LogP contribution in [0.3, 0.4) is 0 Å². The minimum absolute atomic E-state index is 0.208. The largest absolute Gasteiger partial charge is 0.326 e. The van der Waals surface area contributed by atoms with Crippen molar-refractivity contribution in [3.63, 3.8) is 0 Å². The Kier molecular flexibility index (Phi) is 12.2. The average molecular weight is 615 g/mol. The van der Waals surface area contributed by atoms with Crippen LogP contribution in [-0.2, 0) is 11.6 Å². The molecule has 2 radical (unpaired) electrons. The fourth-order valence-corrected chi connectivity index (χ4v) is 8.67. The highest BCUT2D eigenvalue weighted by Crippen LogP contribution is 2.33. The maximum Gasteiger partial charge on any atom is 0.103 e. The van der Waals surface area contributed by atoms with Crippen LogP contribution in [0.15, 0.2) is 170 Å². The monoisotopic (exact) mass is 614 g/mol. The number of aryl methyl sites for hydroxylation is 1. The van der Waals surface area contributed by atoms with E-state index in [0.717, 1.165) is 16.7 Å². The molecule has 4 heteroatoms. The molecule has 0 saturated carbocycles. The molecule has 46 heavy (non-hydrogen) atoms. The Morgan fingerprint density at radius 2 is 1.26 bits per heavy atom. The van der Waals surface area contributed by atoms with E-state index in [1.54, 1.807) is 5.98 Å². The average Bonchev–Trinajstić information content (AvgIpc) is 3.67. The molecular formula is C42H43BN2Si. The predicted octanol–water partition coefficient (Wildman–Crippen LogP) is 8.49. The zero-order chi connectivity index (χ0) is 31.9. The number of aromatic nitrogens is 2. The second-order valence-electron chi connectivity index (χ2n) is 11.7. The Morgan fingerprint density at radius 1 is 0.696 bits per heavy atom. The van der Waals surface area contributed by atoms with E-state index in [-0.39, 0.29) is 5.16 Å². The van der Waals surface area contributed by atoms with Gasteiger partial charge in [-0.05, 0) is 46.2 Å². The van der Waals surface area contributed by atoms with Crippen molar-refractivity contribution >= 4 is 28.1 Å². The van der Waals surface area contributed by atoms with Gasteiger partial charge >= 0.3 is 0 Å². The van der Waals surface area contributed by atoms with Crippen LogP contribution < -0.4 is 5.19 Å². The summed E-state index contributed by atoms with van der Waals surface area (Å²) in [6.45, 7) is 2.27. The van der Waals surface area contributed by atoms with Crippen LogP contribution in [0.5, 0.6) is 0 Å². The first-order chi connectivity index (χ1) is 22.7. The second kappa shape index (κ2) is 17.1. The third-order valence-corrected chi connectivity index (χ3v) is 11.1. The Hall–Kier alpha value is -4.67. The van der Waals surface area contributed by atoms with E-state index < -0.39 is 9.52 Å². The lowest BCUT2D eigenvalue weighted by Gasteiger charge is -2.37. The molecule has 6 rings (SSSR count). The van der Waals surface area contributed by atoms with Crippen molar-refractivity contribution in [1.82, 2.24) is 9.55 Å². The summed E-state index contributed by atoms with van der Waals surface area (Å²) in [5.41, 5.74) is 7.49. The predicted molar refractivity (Wildman–Crippen MR) is 199 cm³/mol. The molecule has 1 heterocycles. The quantitative estimate of drug-likeness (QED) is 0.0999. The lowest BCUT2D eigenvalue weighted by molar-refractivity contribution is 0.596. The maximum atomic E-state index is 5.67. The van der Waals surface area contributed by atoms with Crippen LogP contribution in [0, 0.1) is 0 Å². The lowest BCUT2D eigenvalue weighted by Crippen LogP contribution is -2.46. The van der Waals surface area contributed by atoms with Gasteiger partial charge in [-0.2, -0.15) is 0 Å². The van der Waals surface area contributed by atoms with Gasteiger partial charge in [-0.3, -0.25) is 0 Å². The molecule has 0 bridgehead atoms. The molecule has 0 atom stereocenters. The molecule has 0 spiro atoms. The summed E-state index contributed by atoms with van der Waals surface area (Å²) in [6, 6.07) is 51.6. The number of benzene rings is 5. The lowest BCUT2D eigenvalue weighted by atomic mass is 9.92. The highest BCUT2D eigenvalue weighted by Gasteiger charge is 2.36. The van der Waals surface area contributed by atoms with E-state index >= 15 is 0 Å². The number of unbranched alkanes of at least 4 members (excludes halogenated alkanes) is 3. The van der Waals surface area contributed by atoms with Gasteiger partial charge in [0.15, 0.2) is 0 Å². The maximum absolute atomic E-state index is 5.67. The summed E-state index contributed by atoms with van der Waals surface area (Å²) in [5, 5.41) is 1.29. The number of imidazole rings is 1. The second-order valence-corrected chi connectivity index (χ2v) is 13.9. The van der Waals surface area contributed by atoms with Crippen molar-refractivity contribution in [2.45, 2.75) is 44.2 Å². The van der Waals surface area contributed by atoms with Gasteiger partial charge in [0.25, 0.3) is 0 Å². The van der Waals surface area contributed by atoms with Crippen molar-refractivity contribution in [2.24, 2.45) is 0 Å². The Balaban J connectivity index is 0.000000232. The van der Waals surface area contributed by atoms with E-state index in [9.17, 15) is 0 Å². The van der Waals surface area contributed by atoms with Gasteiger partial charge in [0, 0.05) is 12.4 Å². The first-order valence-corrected chi connectivity index (χ1v) is 17.9. The molecule has 0 aliphatic rings. The van der Waals surface area contributed by atoms with Gasteiger partial charge in [0.1, 0.15) is 7.85 Å². The molecule has 6 aromatic rings. The standard InChI is InChI=1S/C28H32N2Si.C14H11B/c1-2-3-4-7-13-24-14-12-19-27(22-24)31-28(30-21-20-29-23-30,25-15-8-5-9-16-25)26-17-10-6-11-18-26;15-11-14(12-7-3-1-4-8-12)13-9-5-2-6-10-13/h5-6,8-12,14-23H,2-4,7,13,31H2,1H3;1-11H.